The highest BCUT2D eigenvalue weighted by Crippen LogP contribution is 2.39. The Morgan fingerprint density at radius 1 is 1.07 bits per heavy atom. The first-order chi connectivity index (χ1) is 14.1. The number of anilines is 1. The van der Waals surface area contributed by atoms with E-state index < -0.39 is 15.9 Å². The summed E-state index contributed by atoms with van der Waals surface area (Å²) in [5.41, 5.74) is 0.133. The van der Waals surface area contributed by atoms with Crippen molar-refractivity contribution in [1.29, 1.82) is 0 Å². The maximum Gasteiger partial charge on any atom is 0.255 e. The Hall–Kier alpha value is -2.20. The standard InChI is InChI=1S/C19H22Cl2N2O6S/c1-5-23(6-2)30(26,27)12-9-15(18(29-4)16(10-12)28-3)22-19(25)11-7-13(20)17(24)14(21)8-11/h7-10,24H,5-6H2,1-4H3,(H,22,25). The van der Waals surface area contributed by atoms with E-state index in [0.29, 0.717) is 0 Å². The van der Waals surface area contributed by atoms with Crippen LogP contribution < -0.4 is 14.8 Å². The van der Waals surface area contributed by atoms with Crippen LogP contribution >= 0.6 is 23.2 Å². The van der Waals surface area contributed by atoms with Crippen molar-refractivity contribution in [3.8, 4) is 17.2 Å². The predicted octanol–water partition coefficient (Wildman–Crippen LogP) is 4.00. The molecular weight excluding hydrogens is 455 g/mol. The molecule has 2 aromatic rings. The largest absolute Gasteiger partial charge is 0.505 e. The van der Waals surface area contributed by atoms with Gasteiger partial charge in [-0.3, -0.25) is 4.79 Å². The van der Waals surface area contributed by atoms with Crippen LogP contribution in [0, 0.1) is 0 Å². The molecule has 0 aliphatic rings. The number of hydrogen-bond donors (Lipinski definition) is 2. The van der Waals surface area contributed by atoms with E-state index in [1.54, 1.807) is 13.8 Å². The molecule has 0 aliphatic heterocycles. The van der Waals surface area contributed by atoms with Gasteiger partial charge in [0.25, 0.3) is 5.91 Å². The van der Waals surface area contributed by atoms with Gasteiger partial charge < -0.3 is 19.9 Å². The number of halogens is 2. The van der Waals surface area contributed by atoms with Crippen LogP contribution in [0.3, 0.4) is 0 Å². The van der Waals surface area contributed by atoms with Crippen molar-refractivity contribution < 1.29 is 27.8 Å². The number of amides is 1. The minimum Gasteiger partial charge on any atom is -0.505 e. The zero-order valence-corrected chi connectivity index (χ0v) is 19.2. The summed E-state index contributed by atoms with van der Waals surface area (Å²) in [6.45, 7) is 4.00. The lowest BCUT2D eigenvalue weighted by molar-refractivity contribution is 0.102. The molecule has 0 saturated carbocycles. The molecule has 2 N–H and O–H groups in total. The molecule has 8 nitrogen and oxygen atoms in total. The molecule has 0 saturated heterocycles. The predicted molar refractivity (Wildman–Crippen MR) is 116 cm³/mol. The lowest BCUT2D eigenvalue weighted by atomic mass is 10.2. The van der Waals surface area contributed by atoms with Crippen LogP contribution in [0.25, 0.3) is 0 Å². The number of carbonyl (C=O) groups is 1. The number of phenolic OH excluding ortho intramolecular Hbond substituents is 1. The van der Waals surface area contributed by atoms with Gasteiger partial charge in [-0.15, -0.1) is 0 Å². The van der Waals surface area contributed by atoms with Crippen LogP contribution in [-0.2, 0) is 10.0 Å². The summed E-state index contributed by atoms with van der Waals surface area (Å²) in [5, 5.41) is 12.1. The Morgan fingerprint density at radius 2 is 1.63 bits per heavy atom. The Bertz CT molecular complexity index is 1030. The van der Waals surface area contributed by atoms with Gasteiger partial charge in [-0.05, 0) is 18.2 Å². The summed E-state index contributed by atoms with van der Waals surface area (Å²) in [7, 11) is -1.11. The Balaban J connectivity index is 2.57. The fourth-order valence-electron chi connectivity index (χ4n) is 2.78. The maximum atomic E-state index is 13.0. The van der Waals surface area contributed by atoms with Crippen LogP contribution in [-0.4, -0.2) is 51.0 Å². The van der Waals surface area contributed by atoms with Gasteiger partial charge in [-0.25, -0.2) is 8.42 Å². The van der Waals surface area contributed by atoms with E-state index in [2.05, 4.69) is 5.32 Å². The Labute approximate surface area is 185 Å². The van der Waals surface area contributed by atoms with Crippen molar-refractivity contribution in [3.05, 3.63) is 39.9 Å². The topological polar surface area (TPSA) is 105 Å². The molecule has 2 aromatic carbocycles. The molecule has 2 rings (SSSR count). The van der Waals surface area contributed by atoms with Crippen LogP contribution in [0.2, 0.25) is 10.0 Å². The molecule has 0 unspecified atom stereocenters. The number of phenols is 1. The highest BCUT2D eigenvalue weighted by molar-refractivity contribution is 7.89. The van der Waals surface area contributed by atoms with Gasteiger partial charge in [0.15, 0.2) is 17.2 Å². The van der Waals surface area contributed by atoms with Crippen LogP contribution in [0.1, 0.15) is 24.2 Å². The fraction of sp³-hybridized carbons (Fsp3) is 0.316. The number of aromatic hydroxyl groups is 1. The molecule has 11 heteroatoms. The Morgan fingerprint density at radius 3 is 2.10 bits per heavy atom. The van der Waals surface area contributed by atoms with Gasteiger partial charge in [-0.1, -0.05) is 37.0 Å². The fourth-order valence-corrected chi connectivity index (χ4v) is 4.77. The van der Waals surface area contributed by atoms with E-state index in [4.69, 9.17) is 32.7 Å². The normalized spacial score (nSPS) is 11.4. The second kappa shape index (κ2) is 9.74. The Kier molecular flexibility index (Phi) is 7.81. The minimum absolute atomic E-state index is 0.0563. The van der Waals surface area contributed by atoms with Gasteiger partial charge in [0.1, 0.15) is 0 Å². The number of methoxy groups -OCH3 is 2. The van der Waals surface area contributed by atoms with Crippen molar-refractivity contribution in [1.82, 2.24) is 4.31 Å². The first kappa shape index (κ1) is 24.1. The number of rotatable bonds is 8. The number of carbonyl (C=O) groups excluding carboxylic acids is 1. The van der Waals surface area contributed by atoms with E-state index in [9.17, 15) is 18.3 Å². The van der Waals surface area contributed by atoms with Crippen molar-refractivity contribution in [2.75, 3.05) is 32.6 Å². The second-order valence-corrected chi connectivity index (χ2v) is 8.79. The number of nitrogens with zero attached hydrogens (tertiary/aromatic N) is 1. The molecule has 0 heterocycles. The molecule has 164 valence electrons. The summed E-state index contributed by atoms with van der Waals surface area (Å²) in [5.74, 6) is -0.721. The molecule has 0 aliphatic carbocycles. The third-order valence-electron chi connectivity index (χ3n) is 4.32. The summed E-state index contributed by atoms with van der Waals surface area (Å²) in [6.07, 6.45) is 0. The summed E-state index contributed by atoms with van der Waals surface area (Å²) >= 11 is 11.8. The van der Waals surface area contributed by atoms with Gasteiger partial charge in [0, 0.05) is 24.7 Å². The molecular formula is C19H22Cl2N2O6S. The van der Waals surface area contributed by atoms with E-state index in [-0.39, 0.29) is 56.5 Å². The number of sulfonamides is 1. The maximum absolute atomic E-state index is 13.0. The van der Waals surface area contributed by atoms with Crippen molar-refractivity contribution in [2.24, 2.45) is 0 Å². The van der Waals surface area contributed by atoms with Gasteiger partial charge in [0.05, 0.1) is 34.8 Å². The number of benzene rings is 2. The van der Waals surface area contributed by atoms with Crippen molar-refractivity contribution in [3.63, 3.8) is 0 Å². The lowest BCUT2D eigenvalue weighted by Crippen LogP contribution is -2.30. The van der Waals surface area contributed by atoms with Gasteiger partial charge in [0.2, 0.25) is 10.0 Å². The first-order valence-corrected chi connectivity index (χ1v) is 11.1. The SMILES string of the molecule is CCN(CC)S(=O)(=O)c1cc(NC(=O)c2cc(Cl)c(O)c(Cl)c2)c(OC)c(OC)c1. The van der Waals surface area contributed by atoms with Crippen molar-refractivity contribution in [2.45, 2.75) is 18.7 Å². The molecule has 30 heavy (non-hydrogen) atoms. The number of nitrogens with one attached hydrogen (secondary N) is 1. The monoisotopic (exact) mass is 476 g/mol. The van der Waals surface area contributed by atoms with Crippen LogP contribution in [0.4, 0.5) is 5.69 Å². The average Bonchev–Trinajstić information content (AvgIpc) is 2.71. The number of hydrogen-bond acceptors (Lipinski definition) is 6. The highest BCUT2D eigenvalue weighted by Gasteiger charge is 2.26. The smallest absolute Gasteiger partial charge is 0.255 e. The average molecular weight is 477 g/mol. The molecule has 0 atom stereocenters. The number of ether oxygens (including phenoxy) is 2. The summed E-state index contributed by atoms with van der Waals surface area (Å²) in [6, 6.07) is 5.09. The van der Waals surface area contributed by atoms with E-state index in [1.165, 1.54) is 42.8 Å². The third kappa shape index (κ3) is 4.75. The van der Waals surface area contributed by atoms with Crippen molar-refractivity contribution >= 4 is 44.8 Å². The lowest BCUT2D eigenvalue weighted by Gasteiger charge is -2.21. The molecule has 0 fully saturated rings. The molecule has 1 amide bonds. The minimum atomic E-state index is -3.83. The summed E-state index contributed by atoms with van der Waals surface area (Å²) < 4.78 is 37.8. The molecule has 0 spiro atoms. The third-order valence-corrected chi connectivity index (χ3v) is 6.93. The van der Waals surface area contributed by atoms with Crippen LogP contribution in [0.5, 0.6) is 17.2 Å². The van der Waals surface area contributed by atoms with E-state index in [1.807, 2.05) is 0 Å². The van der Waals surface area contributed by atoms with Gasteiger partial charge >= 0.3 is 0 Å². The highest BCUT2D eigenvalue weighted by atomic mass is 35.5. The quantitative estimate of drug-likeness (QED) is 0.596. The van der Waals surface area contributed by atoms with Gasteiger partial charge in [-0.2, -0.15) is 4.31 Å². The first-order valence-electron chi connectivity index (χ1n) is 8.86. The molecule has 0 bridgehead atoms. The second-order valence-electron chi connectivity index (χ2n) is 6.04. The van der Waals surface area contributed by atoms with Crippen LogP contribution in [0.15, 0.2) is 29.2 Å². The summed E-state index contributed by atoms with van der Waals surface area (Å²) in [4.78, 5) is 12.7. The molecule has 0 radical (unpaired) electrons. The van der Waals surface area contributed by atoms with E-state index >= 15 is 0 Å². The van der Waals surface area contributed by atoms with E-state index in [0.717, 1.165) is 0 Å². The zero-order chi connectivity index (χ0) is 22.6. The molecule has 0 aromatic heterocycles. The zero-order valence-electron chi connectivity index (χ0n) is 16.8.